The average molecular weight is 421 g/mol. The zero-order valence-electron chi connectivity index (χ0n) is 17.0. The first-order valence-corrected chi connectivity index (χ1v) is 9.68. The summed E-state index contributed by atoms with van der Waals surface area (Å²) in [6.07, 6.45) is 2.19. The summed E-state index contributed by atoms with van der Waals surface area (Å²) >= 11 is 0. The van der Waals surface area contributed by atoms with Crippen molar-refractivity contribution in [1.82, 2.24) is 4.90 Å². The molecule has 30 heavy (non-hydrogen) atoms. The second kappa shape index (κ2) is 10.2. The van der Waals surface area contributed by atoms with Crippen molar-refractivity contribution in [2.45, 2.75) is 32.1 Å². The highest BCUT2D eigenvalue weighted by molar-refractivity contribution is 5.94. The minimum Gasteiger partial charge on any atom is -0.493 e. The molecule has 3 rings (SSSR count). The second-order valence-electron chi connectivity index (χ2n) is 7.00. The lowest BCUT2D eigenvalue weighted by Crippen LogP contribution is -2.26. The van der Waals surface area contributed by atoms with Crippen LogP contribution in [0, 0.1) is 0 Å². The van der Waals surface area contributed by atoms with Gasteiger partial charge >= 0.3 is 6.61 Å². The molecule has 0 saturated carbocycles. The monoisotopic (exact) mass is 421 g/mol. The van der Waals surface area contributed by atoms with Crippen LogP contribution in [0.2, 0.25) is 0 Å². The van der Waals surface area contributed by atoms with Gasteiger partial charge in [-0.15, -0.1) is 0 Å². The molecule has 2 aromatic rings. The molecule has 1 aliphatic rings. The van der Waals surface area contributed by atoms with Gasteiger partial charge in [-0.25, -0.2) is 0 Å². The van der Waals surface area contributed by atoms with Crippen LogP contribution in [-0.2, 0) is 11.3 Å². The third-order valence-corrected chi connectivity index (χ3v) is 4.77. The third kappa shape index (κ3) is 5.82. The molecule has 1 unspecified atom stereocenters. The molecule has 1 atom stereocenters. The Morgan fingerprint density at radius 3 is 2.60 bits per heavy atom. The van der Waals surface area contributed by atoms with Gasteiger partial charge < -0.3 is 23.8 Å². The van der Waals surface area contributed by atoms with Crippen molar-refractivity contribution in [3.63, 3.8) is 0 Å². The van der Waals surface area contributed by atoms with E-state index in [9.17, 15) is 13.6 Å². The van der Waals surface area contributed by atoms with Crippen LogP contribution in [0.25, 0.3) is 0 Å². The molecule has 1 saturated heterocycles. The molecular formula is C22H25F2NO5. The lowest BCUT2D eigenvalue weighted by atomic mass is 10.1. The number of halogens is 2. The highest BCUT2D eigenvalue weighted by Crippen LogP contribution is 2.30. The fourth-order valence-electron chi connectivity index (χ4n) is 3.23. The van der Waals surface area contributed by atoms with Gasteiger partial charge in [0.05, 0.1) is 13.2 Å². The van der Waals surface area contributed by atoms with E-state index in [1.54, 1.807) is 43.4 Å². The van der Waals surface area contributed by atoms with Crippen LogP contribution >= 0.6 is 0 Å². The Balaban J connectivity index is 1.58. The summed E-state index contributed by atoms with van der Waals surface area (Å²) < 4.78 is 45.7. The highest BCUT2D eigenvalue weighted by Gasteiger charge is 2.17. The summed E-state index contributed by atoms with van der Waals surface area (Å²) in [5.41, 5.74) is 1.24. The van der Waals surface area contributed by atoms with Crippen molar-refractivity contribution >= 4 is 5.91 Å². The number of benzene rings is 2. The van der Waals surface area contributed by atoms with E-state index in [1.807, 2.05) is 0 Å². The summed E-state index contributed by atoms with van der Waals surface area (Å²) in [7, 11) is 3.04. The Hall–Kier alpha value is -2.87. The summed E-state index contributed by atoms with van der Waals surface area (Å²) in [6, 6.07) is 11.5. The molecule has 8 heteroatoms. The Morgan fingerprint density at radius 1 is 1.20 bits per heavy atom. The van der Waals surface area contributed by atoms with Gasteiger partial charge in [0.15, 0.2) is 11.5 Å². The molecule has 1 aliphatic heterocycles. The van der Waals surface area contributed by atoms with Crippen LogP contribution < -0.4 is 14.2 Å². The Bertz CT molecular complexity index is 838. The first-order chi connectivity index (χ1) is 14.5. The van der Waals surface area contributed by atoms with Crippen molar-refractivity contribution < 1.29 is 32.5 Å². The van der Waals surface area contributed by atoms with E-state index in [2.05, 4.69) is 4.74 Å². The molecule has 2 aromatic carbocycles. The number of hydrogen-bond acceptors (Lipinski definition) is 5. The molecule has 6 nitrogen and oxygen atoms in total. The number of carbonyl (C=O) groups is 1. The number of amides is 1. The number of alkyl halides is 2. The van der Waals surface area contributed by atoms with Crippen LogP contribution in [-0.4, -0.2) is 50.9 Å². The van der Waals surface area contributed by atoms with Crippen LogP contribution in [0.5, 0.6) is 17.2 Å². The maximum atomic E-state index is 12.7. The fourth-order valence-corrected chi connectivity index (χ4v) is 3.23. The first-order valence-electron chi connectivity index (χ1n) is 9.68. The minimum atomic E-state index is -2.94. The predicted octanol–water partition coefficient (Wildman–Crippen LogP) is 4.13. The summed E-state index contributed by atoms with van der Waals surface area (Å²) in [5, 5.41) is 0. The number of rotatable bonds is 9. The quantitative estimate of drug-likeness (QED) is 0.610. The first kappa shape index (κ1) is 21.8. The number of nitrogens with zero attached hydrogens (tertiary/aromatic N) is 1. The molecule has 0 radical (unpaired) electrons. The predicted molar refractivity (Wildman–Crippen MR) is 106 cm³/mol. The molecule has 0 aliphatic carbocycles. The van der Waals surface area contributed by atoms with Gasteiger partial charge in [-0.1, -0.05) is 6.07 Å². The number of carbonyl (C=O) groups excluding carboxylic acids is 1. The van der Waals surface area contributed by atoms with E-state index < -0.39 is 6.61 Å². The van der Waals surface area contributed by atoms with E-state index in [1.165, 1.54) is 18.1 Å². The van der Waals surface area contributed by atoms with Crippen molar-refractivity contribution in [2.24, 2.45) is 0 Å². The van der Waals surface area contributed by atoms with E-state index in [0.29, 0.717) is 17.9 Å². The summed E-state index contributed by atoms with van der Waals surface area (Å²) in [4.78, 5) is 14.2. The molecule has 1 heterocycles. The molecule has 0 bridgehead atoms. The molecule has 0 N–H and O–H groups in total. The van der Waals surface area contributed by atoms with Gasteiger partial charge in [-0.05, 0) is 54.8 Å². The Kier molecular flexibility index (Phi) is 7.46. The van der Waals surface area contributed by atoms with E-state index in [0.717, 1.165) is 25.0 Å². The third-order valence-electron chi connectivity index (χ3n) is 4.77. The molecular weight excluding hydrogens is 396 g/mol. The van der Waals surface area contributed by atoms with Crippen LogP contribution in [0.3, 0.4) is 0 Å². The minimum absolute atomic E-state index is 0.0520. The van der Waals surface area contributed by atoms with E-state index >= 15 is 0 Å². The number of methoxy groups -OCH3 is 1. The summed E-state index contributed by atoms with van der Waals surface area (Å²) in [6.45, 7) is -1.38. The van der Waals surface area contributed by atoms with Crippen molar-refractivity contribution in [1.29, 1.82) is 0 Å². The Morgan fingerprint density at radius 2 is 1.97 bits per heavy atom. The lowest BCUT2D eigenvalue weighted by Gasteiger charge is -2.19. The molecule has 1 amide bonds. The molecule has 162 valence electrons. The SMILES string of the molecule is COc1cc(CN(C)C(=O)c2ccc(OCC3CCCO3)cc2)ccc1OC(F)F. The van der Waals surface area contributed by atoms with Gasteiger partial charge in [0.25, 0.3) is 5.91 Å². The van der Waals surface area contributed by atoms with Gasteiger partial charge in [0.1, 0.15) is 12.4 Å². The Labute approximate surface area is 174 Å². The van der Waals surface area contributed by atoms with Crippen LogP contribution in [0.1, 0.15) is 28.8 Å². The number of hydrogen-bond donors (Lipinski definition) is 0. The maximum Gasteiger partial charge on any atom is 0.387 e. The van der Waals surface area contributed by atoms with E-state index in [4.69, 9.17) is 14.2 Å². The van der Waals surface area contributed by atoms with Crippen LogP contribution in [0.4, 0.5) is 8.78 Å². The normalized spacial score (nSPS) is 15.8. The fraction of sp³-hybridized carbons (Fsp3) is 0.409. The van der Waals surface area contributed by atoms with Gasteiger partial charge in [0.2, 0.25) is 0 Å². The van der Waals surface area contributed by atoms with Crippen LogP contribution in [0.15, 0.2) is 42.5 Å². The largest absolute Gasteiger partial charge is 0.493 e. The van der Waals surface area contributed by atoms with Gasteiger partial charge in [-0.3, -0.25) is 4.79 Å². The van der Waals surface area contributed by atoms with Gasteiger partial charge in [0, 0.05) is 25.8 Å². The zero-order valence-corrected chi connectivity index (χ0v) is 17.0. The molecule has 0 aromatic heterocycles. The van der Waals surface area contributed by atoms with Crippen molar-refractivity contribution in [2.75, 3.05) is 27.4 Å². The van der Waals surface area contributed by atoms with Crippen molar-refractivity contribution in [3.8, 4) is 17.2 Å². The standard InChI is InChI=1S/C22H25F2NO5/c1-25(13-15-5-10-19(30-22(23)24)20(12-15)27-2)21(26)16-6-8-17(9-7-16)29-14-18-4-3-11-28-18/h5-10,12,18,22H,3-4,11,13-14H2,1-2H3. The van der Waals surface area contributed by atoms with Gasteiger partial charge in [-0.2, -0.15) is 8.78 Å². The molecule has 1 fully saturated rings. The topological polar surface area (TPSA) is 57.2 Å². The van der Waals surface area contributed by atoms with Crippen molar-refractivity contribution in [3.05, 3.63) is 53.6 Å². The zero-order chi connectivity index (χ0) is 21.5. The van der Waals surface area contributed by atoms with E-state index in [-0.39, 0.29) is 30.1 Å². The smallest absolute Gasteiger partial charge is 0.387 e. The number of ether oxygens (including phenoxy) is 4. The average Bonchev–Trinajstić information content (AvgIpc) is 3.26. The molecule has 0 spiro atoms. The highest BCUT2D eigenvalue weighted by atomic mass is 19.3. The lowest BCUT2D eigenvalue weighted by molar-refractivity contribution is -0.0512. The summed E-state index contributed by atoms with van der Waals surface area (Å²) in [5.74, 6) is 0.641. The maximum absolute atomic E-state index is 12.7. The second-order valence-corrected chi connectivity index (χ2v) is 7.00.